The van der Waals surface area contributed by atoms with E-state index in [1.807, 2.05) is 0 Å². The second-order valence-corrected chi connectivity index (χ2v) is 6.34. The van der Waals surface area contributed by atoms with Crippen molar-refractivity contribution in [3.05, 3.63) is 24.3 Å². The monoisotopic (exact) mass is 319 g/mol. The van der Waals surface area contributed by atoms with E-state index < -0.39 is 10.0 Å². The maximum Gasteiger partial charge on any atom is 0.241 e. The lowest BCUT2D eigenvalue weighted by atomic mass is 10.2. The standard InChI is InChI=1S/C12H17N3O3S.ClH/c1-19(17,18)15-10-5-2-4-9(8-10)14-12(16)11-6-3-7-13-11;/h2,4-5,8,11,13,15H,3,6-7H2,1H3,(H,14,16);1H. The number of anilines is 2. The van der Waals surface area contributed by atoms with Crippen LogP contribution in [0.25, 0.3) is 0 Å². The molecular weight excluding hydrogens is 302 g/mol. The Morgan fingerprint density at radius 3 is 2.65 bits per heavy atom. The largest absolute Gasteiger partial charge is 0.325 e. The highest BCUT2D eigenvalue weighted by Crippen LogP contribution is 2.17. The first-order chi connectivity index (χ1) is 8.94. The van der Waals surface area contributed by atoms with E-state index in [-0.39, 0.29) is 24.4 Å². The van der Waals surface area contributed by atoms with Crippen LogP contribution < -0.4 is 15.4 Å². The Morgan fingerprint density at radius 1 is 1.35 bits per heavy atom. The van der Waals surface area contributed by atoms with Gasteiger partial charge in [0.2, 0.25) is 15.9 Å². The highest BCUT2D eigenvalue weighted by atomic mass is 35.5. The molecule has 1 aliphatic rings. The second-order valence-electron chi connectivity index (χ2n) is 4.59. The number of rotatable bonds is 4. The van der Waals surface area contributed by atoms with Crippen LogP contribution in [-0.4, -0.2) is 33.2 Å². The summed E-state index contributed by atoms with van der Waals surface area (Å²) in [6.45, 7) is 0.855. The molecule has 1 unspecified atom stereocenters. The van der Waals surface area contributed by atoms with Gasteiger partial charge in [0.15, 0.2) is 0 Å². The van der Waals surface area contributed by atoms with Gasteiger partial charge in [0, 0.05) is 5.69 Å². The summed E-state index contributed by atoms with van der Waals surface area (Å²) in [6, 6.07) is 6.47. The van der Waals surface area contributed by atoms with E-state index in [1.54, 1.807) is 24.3 Å². The number of hydrogen-bond donors (Lipinski definition) is 3. The minimum atomic E-state index is -3.31. The topological polar surface area (TPSA) is 87.3 Å². The number of benzene rings is 1. The van der Waals surface area contributed by atoms with Crippen LogP contribution in [0.2, 0.25) is 0 Å². The molecule has 20 heavy (non-hydrogen) atoms. The number of nitrogens with one attached hydrogen (secondary N) is 3. The summed E-state index contributed by atoms with van der Waals surface area (Å²) >= 11 is 0. The molecule has 0 spiro atoms. The molecule has 1 atom stereocenters. The van der Waals surface area contributed by atoms with Crippen molar-refractivity contribution in [1.29, 1.82) is 0 Å². The molecule has 1 aromatic carbocycles. The number of sulfonamides is 1. The van der Waals surface area contributed by atoms with Crippen LogP contribution in [0.4, 0.5) is 11.4 Å². The predicted molar refractivity (Wildman–Crippen MR) is 81.8 cm³/mol. The van der Waals surface area contributed by atoms with Crippen molar-refractivity contribution in [1.82, 2.24) is 5.32 Å². The Bertz CT molecular complexity index is 571. The van der Waals surface area contributed by atoms with Gasteiger partial charge in [0.1, 0.15) is 0 Å². The van der Waals surface area contributed by atoms with Crippen molar-refractivity contribution in [2.24, 2.45) is 0 Å². The average molecular weight is 320 g/mol. The minimum absolute atomic E-state index is 0. The third-order valence-electron chi connectivity index (χ3n) is 2.81. The molecule has 1 aromatic rings. The summed E-state index contributed by atoms with van der Waals surface area (Å²) in [7, 11) is -3.31. The van der Waals surface area contributed by atoms with Gasteiger partial charge in [0.05, 0.1) is 18.0 Å². The zero-order valence-corrected chi connectivity index (χ0v) is 12.7. The van der Waals surface area contributed by atoms with Gasteiger partial charge in [-0.25, -0.2) is 8.42 Å². The summed E-state index contributed by atoms with van der Waals surface area (Å²) in [6.07, 6.45) is 2.90. The van der Waals surface area contributed by atoms with Crippen LogP contribution in [-0.2, 0) is 14.8 Å². The van der Waals surface area contributed by atoms with Gasteiger partial charge < -0.3 is 10.6 Å². The highest BCUT2D eigenvalue weighted by molar-refractivity contribution is 7.92. The zero-order valence-electron chi connectivity index (χ0n) is 11.0. The van der Waals surface area contributed by atoms with Crippen molar-refractivity contribution < 1.29 is 13.2 Å². The molecule has 1 aliphatic heterocycles. The van der Waals surface area contributed by atoms with Gasteiger partial charge in [-0.15, -0.1) is 12.4 Å². The van der Waals surface area contributed by atoms with E-state index >= 15 is 0 Å². The third kappa shape index (κ3) is 4.99. The van der Waals surface area contributed by atoms with Gasteiger partial charge in [-0.2, -0.15) is 0 Å². The second kappa shape index (κ2) is 6.92. The average Bonchev–Trinajstić information content (AvgIpc) is 2.80. The Morgan fingerprint density at radius 2 is 2.05 bits per heavy atom. The van der Waals surface area contributed by atoms with Crippen LogP contribution in [0.5, 0.6) is 0 Å². The minimum Gasteiger partial charge on any atom is -0.325 e. The molecule has 3 N–H and O–H groups in total. The lowest BCUT2D eigenvalue weighted by molar-refractivity contribution is -0.117. The fraction of sp³-hybridized carbons (Fsp3) is 0.417. The van der Waals surface area contributed by atoms with E-state index in [0.29, 0.717) is 11.4 Å². The molecule has 8 heteroatoms. The first kappa shape index (κ1) is 16.7. The molecule has 0 aliphatic carbocycles. The van der Waals surface area contributed by atoms with Crippen molar-refractivity contribution in [2.45, 2.75) is 18.9 Å². The maximum absolute atomic E-state index is 11.9. The Kier molecular flexibility index (Phi) is 5.79. The molecule has 0 saturated carbocycles. The Hall–Kier alpha value is -1.31. The molecule has 0 bridgehead atoms. The molecule has 1 saturated heterocycles. The van der Waals surface area contributed by atoms with Crippen LogP contribution in [0.3, 0.4) is 0 Å². The fourth-order valence-electron chi connectivity index (χ4n) is 2.01. The molecule has 2 rings (SSSR count). The Balaban J connectivity index is 0.00000200. The number of carbonyl (C=O) groups is 1. The van der Waals surface area contributed by atoms with Crippen molar-refractivity contribution in [3.8, 4) is 0 Å². The summed E-state index contributed by atoms with van der Waals surface area (Å²) < 4.78 is 24.6. The van der Waals surface area contributed by atoms with Gasteiger partial charge in [-0.3, -0.25) is 9.52 Å². The molecule has 1 heterocycles. The van der Waals surface area contributed by atoms with E-state index in [1.165, 1.54) is 0 Å². The molecule has 1 fully saturated rings. The van der Waals surface area contributed by atoms with Gasteiger partial charge in [-0.05, 0) is 37.6 Å². The summed E-state index contributed by atoms with van der Waals surface area (Å²) in [5, 5.41) is 5.88. The molecule has 6 nitrogen and oxygen atoms in total. The van der Waals surface area contributed by atoms with Crippen LogP contribution in [0.1, 0.15) is 12.8 Å². The quantitative estimate of drug-likeness (QED) is 0.777. The van der Waals surface area contributed by atoms with E-state index in [0.717, 1.165) is 25.6 Å². The van der Waals surface area contributed by atoms with Gasteiger partial charge in [0.25, 0.3) is 0 Å². The van der Waals surface area contributed by atoms with Crippen LogP contribution >= 0.6 is 12.4 Å². The number of carbonyl (C=O) groups excluding carboxylic acids is 1. The molecule has 112 valence electrons. The van der Waals surface area contributed by atoms with Crippen molar-refractivity contribution >= 4 is 39.7 Å². The number of hydrogen-bond acceptors (Lipinski definition) is 4. The third-order valence-corrected chi connectivity index (χ3v) is 3.42. The molecule has 0 radical (unpaired) electrons. The smallest absolute Gasteiger partial charge is 0.241 e. The molecule has 1 amide bonds. The first-order valence-corrected chi connectivity index (χ1v) is 7.95. The normalized spacial score (nSPS) is 18.1. The van der Waals surface area contributed by atoms with Crippen molar-refractivity contribution in [3.63, 3.8) is 0 Å². The maximum atomic E-state index is 11.9. The zero-order chi connectivity index (χ0) is 13.9. The van der Waals surface area contributed by atoms with Crippen molar-refractivity contribution in [2.75, 3.05) is 22.8 Å². The highest BCUT2D eigenvalue weighted by Gasteiger charge is 2.21. The Labute approximate surface area is 124 Å². The molecular formula is C12H18ClN3O3S. The van der Waals surface area contributed by atoms with Crippen LogP contribution in [0, 0.1) is 0 Å². The number of amides is 1. The SMILES string of the molecule is CS(=O)(=O)Nc1cccc(NC(=O)C2CCCN2)c1.Cl. The van der Waals surface area contributed by atoms with E-state index in [2.05, 4.69) is 15.4 Å². The predicted octanol–water partition coefficient (Wildman–Crippen LogP) is 1.17. The fourth-order valence-corrected chi connectivity index (χ4v) is 2.57. The summed E-state index contributed by atoms with van der Waals surface area (Å²) in [5.74, 6) is -0.0889. The lowest BCUT2D eigenvalue weighted by Crippen LogP contribution is -2.35. The summed E-state index contributed by atoms with van der Waals surface area (Å²) in [4.78, 5) is 11.9. The first-order valence-electron chi connectivity index (χ1n) is 6.06. The molecule has 0 aromatic heterocycles. The van der Waals surface area contributed by atoms with Crippen LogP contribution in [0.15, 0.2) is 24.3 Å². The van der Waals surface area contributed by atoms with E-state index in [9.17, 15) is 13.2 Å². The summed E-state index contributed by atoms with van der Waals surface area (Å²) in [5.41, 5.74) is 1.01. The lowest BCUT2D eigenvalue weighted by Gasteiger charge is -2.12. The van der Waals surface area contributed by atoms with E-state index in [4.69, 9.17) is 0 Å². The number of halogens is 1. The van der Waals surface area contributed by atoms with Gasteiger partial charge in [-0.1, -0.05) is 6.07 Å². The van der Waals surface area contributed by atoms with Gasteiger partial charge >= 0.3 is 0 Å².